The lowest BCUT2D eigenvalue weighted by Crippen LogP contribution is -2.43. The van der Waals surface area contributed by atoms with Gasteiger partial charge in [0.05, 0.1) is 11.9 Å². The monoisotopic (exact) mass is 295 g/mol. The summed E-state index contributed by atoms with van der Waals surface area (Å²) < 4.78 is 30.7. The van der Waals surface area contributed by atoms with Crippen molar-refractivity contribution in [2.24, 2.45) is 0 Å². The second-order valence-electron chi connectivity index (χ2n) is 4.36. The lowest BCUT2D eigenvalue weighted by Gasteiger charge is -2.16. The van der Waals surface area contributed by atoms with Crippen LogP contribution in [0.3, 0.4) is 0 Å². The van der Waals surface area contributed by atoms with Gasteiger partial charge in [0, 0.05) is 13.0 Å². The van der Waals surface area contributed by atoms with Crippen molar-refractivity contribution in [3.8, 4) is 0 Å². The molecule has 1 aliphatic heterocycles. The zero-order valence-corrected chi connectivity index (χ0v) is 11.1. The van der Waals surface area contributed by atoms with Gasteiger partial charge in [-0.2, -0.15) is 0 Å². The van der Waals surface area contributed by atoms with Crippen LogP contribution in [0.2, 0.25) is 0 Å². The fourth-order valence-electron chi connectivity index (χ4n) is 1.79. The SMILES string of the molecule is O=C(O)CCC(NS(=O)(=O)CC1CCCO1)C(=O)O. The Morgan fingerprint density at radius 2 is 2.05 bits per heavy atom. The Kier molecular flexibility index (Phi) is 5.70. The average molecular weight is 295 g/mol. The summed E-state index contributed by atoms with van der Waals surface area (Å²) in [4.78, 5) is 21.3. The minimum absolute atomic E-state index is 0.296. The van der Waals surface area contributed by atoms with Gasteiger partial charge in [-0.25, -0.2) is 13.1 Å². The number of nitrogens with one attached hydrogen (secondary N) is 1. The summed E-state index contributed by atoms with van der Waals surface area (Å²) in [5, 5.41) is 17.3. The summed E-state index contributed by atoms with van der Waals surface area (Å²) in [7, 11) is -3.81. The zero-order chi connectivity index (χ0) is 14.5. The Morgan fingerprint density at radius 1 is 1.37 bits per heavy atom. The summed E-state index contributed by atoms with van der Waals surface area (Å²) in [5.74, 6) is -2.87. The van der Waals surface area contributed by atoms with E-state index in [2.05, 4.69) is 0 Å². The standard InChI is InChI=1S/C10H17NO7S/c12-9(13)4-3-8(10(14)15)11-19(16,17)6-7-2-1-5-18-7/h7-8,11H,1-6H2,(H,12,13)(H,14,15). The maximum atomic E-state index is 11.7. The number of rotatable bonds is 8. The first-order chi connectivity index (χ1) is 8.80. The van der Waals surface area contributed by atoms with Gasteiger partial charge in [0.2, 0.25) is 10.0 Å². The number of carboxylic acid groups (broad SMARTS) is 2. The number of sulfonamides is 1. The van der Waals surface area contributed by atoms with Gasteiger partial charge in [-0.15, -0.1) is 0 Å². The smallest absolute Gasteiger partial charge is 0.321 e. The van der Waals surface area contributed by atoms with E-state index in [-0.39, 0.29) is 12.2 Å². The van der Waals surface area contributed by atoms with Crippen molar-refractivity contribution < 1.29 is 33.0 Å². The van der Waals surface area contributed by atoms with E-state index in [1.807, 2.05) is 4.72 Å². The molecular weight excluding hydrogens is 278 g/mol. The number of hydrogen-bond donors (Lipinski definition) is 3. The molecule has 2 unspecified atom stereocenters. The van der Waals surface area contributed by atoms with Gasteiger partial charge in [-0.1, -0.05) is 0 Å². The number of carboxylic acids is 2. The summed E-state index contributed by atoms with van der Waals surface area (Å²) in [6, 6.07) is -1.43. The van der Waals surface area contributed by atoms with Crippen LogP contribution < -0.4 is 4.72 Å². The molecule has 0 aromatic carbocycles. The molecule has 0 spiro atoms. The molecule has 1 aliphatic rings. The molecular formula is C10H17NO7S. The second kappa shape index (κ2) is 6.83. The maximum Gasteiger partial charge on any atom is 0.321 e. The Hall–Kier alpha value is -1.19. The summed E-state index contributed by atoms with van der Waals surface area (Å²) >= 11 is 0. The van der Waals surface area contributed by atoms with Gasteiger partial charge in [-0.3, -0.25) is 9.59 Å². The van der Waals surface area contributed by atoms with Gasteiger partial charge in [-0.05, 0) is 19.3 Å². The first-order valence-corrected chi connectivity index (χ1v) is 7.51. The highest BCUT2D eigenvalue weighted by atomic mass is 32.2. The van der Waals surface area contributed by atoms with Crippen molar-refractivity contribution in [2.75, 3.05) is 12.4 Å². The minimum atomic E-state index is -3.81. The molecule has 19 heavy (non-hydrogen) atoms. The minimum Gasteiger partial charge on any atom is -0.481 e. The van der Waals surface area contributed by atoms with Crippen molar-refractivity contribution in [1.29, 1.82) is 0 Å². The van der Waals surface area contributed by atoms with Crippen LogP contribution in [0.25, 0.3) is 0 Å². The molecule has 1 heterocycles. The van der Waals surface area contributed by atoms with Crippen LogP contribution in [0.5, 0.6) is 0 Å². The molecule has 110 valence electrons. The van der Waals surface area contributed by atoms with E-state index in [9.17, 15) is 18.0 Å². The molecule has 0 bridgehead atoms. The zero-order valence-electron chi connectivity index (χ0n) is 10.2. The lowest BCUT2D eigenvalue weighted by molar-refractivity contribution is -0.140. The van der Waals surface area contributed by atoms with Crippen LogP contribution >= 0.6 is 0 Å². The molecule has 0 aromatic rings. The molecule has 0 saturated carbocycles. The summed E-state index contributed by atoms with van der Waals surface area (Å²) in [5.41, 5.74) is 0. The van der Waals surface area contributed by atoms with Crippen LogP contribution in [-0.4, -0.2) is 55.1 Å². The highest BCUT2D eigenvalue weighted by Crippen LogP contribution is 2.14. The van der Waals surface area contributed by atoms with Crippen molar-refractivity contribution in [3.05, 3.63) is 0 Å². The molecule has 1 rings (SSSR count). The molecule has 0 amide bonds. The number of carbonyl (C=O) groups is 2. The first-order valence-electron chi connectivity index (χ1n) is 5.86. The average Bonchev–Trinajstić information content (AvgIpc) is 2.75. The Morgan fingerprint density at radius 3 is 2.53 bits per heavy atom. The normalized spacial score (nSPS) is 21.2. The van der Waals surface area contributed by atoms with Gasteiger partial charge in [0.25, 0.3) is 0 Å². The van der Waals surface area contributed by atoms with Gasteiger partial charge in [0.1, 0.15) is 6.04 Å². The molecule has 9 heteroatoms. The largest absolute Gasteiger partial charge is 0.481 e. The van der Waals surface area contributed by atoms with Gasteiger partial charge in [0.15, 0.2) is 0 Å². The quantitative estimate of drug-likeness (QED) is 0.545. The molecule has 1 saturated heterocycles. The van der Waals surface area contributed by atoms with E-state index in [1.54, 1.807) is 0 Å². The van der Waals surface area contributed by atoms with E-state index in [1.165, 1.54) is 0 Å². The van der Waals surface area contributed by atoms with Crippen molar-refractivity contribution >= 4 is 22.0 Å². The third kappa shape index (κ3) is 5.99. The highest BCUT2D eigenvalue weighted by molar-refractivity contribution is 7.89. The van der Waals surface area contributed by atoms with Crippen molar-refractivity contribution in [1.82, 2.24) is 4.72 Å². The Balaban J connectivity index is 2.55. The lowest BCUT2D eigenvalue weighted by atomic mass is 10.2. The third-order valence-electron chi connectivity index (χ3n) is 2.70. The predicted molar refractivity (Wildman–Crippen MR) is 64.2 cm³/mol. The van der Waals surface area contributed by atoms with Crippen molar-refractivity contribution in [3.63, 3.8) is 0 Å². The first kappa shape index (κ1) is 15.9. The fraction of sp³-hybridized carbons (Fsp3) is 0.800. The molecule has 0 radical (unpaired) electrons. The van der Waals surface area contributed by atoms with E-state index in [0.717, 1.165) is 6.42 Å². The van der Waals surface area contributed by atoms with E-state index in [0.29, 0.717) is 13.0 Å². The van der Waals surface area contributed by atoms with E-state index < -0.39 is 40.5 Å². The molecule has 0 aliphatic carbocycles. The van der Waals surface area contributed by atoms with Gasteiger partial charge >= 0.3 is 11.9 Å². The molecule has 1 fully saturated rings. The van der Waals surface area contributed by atoms with Crippen LogP contribution in [-0.2, 0) is 24.3 Å². The third-order valence-corrected chi connectivity index (χ3v) is 4.15. The molecule has 0 aromatic heterocycles. The van der Waals surface area contributed by atoms with E-state index in [4.69, 9.17) is 14.9 Å². The molecule has 8 nitrogen and oxygen atoms in total. The highest BCUT2D eigenvalue weighted by Gasteiger charge is 2.28. The van der Waals surface area contributed by atoms with Crippen LogP contribution in [0.1, 0.15) is 25.7 Å². The number of aliphatic carboxylic acids is 2. The van der Waals surface area contributed by atoms with Crippen LogP contribution in [0, 0.1) is 0 Å². The van der Waals surface area contributed by atoms with Crippen LogP contribution in [0.15, 0.2) is 0 Å². The molecule has 3 N–H and O–H groups in total. The molecule has 2 atom stereocenters. The van der Waals surface area contributed by atoms with Crippen molar-refractivity contribution in [2.45, 2.75) is 37.8 Å². The summed E-state index contributed by atoms with van der Waals surface area (Å²) in [6.45, 7) is 0.502. The van der Waals surface area contributed by atoms with E-state index >= 15 is 0 Å². The number of ether oxygens (including phenoxy) is 1. The number of hydrogen-bond acceptors (Lipinski definition) is 5. The fourth-order valence-corrected chi connectivity index (χ4v) is 3.29. The predicted octanol–water partition coefficient (Wildman–Crippen LogP) is -0.597. The Bertz CT molecular complexity index is 427. The Labute approximate surface area is 110 Å². The maximum absolute atomic E-state index is 11.7. The van der Waals surface area contributed by atoms with Gasteiger partial charge < -0.3 is 14.9 Å². The second-order valence-corrected chi connectivity index (χ2v) is 6.16. The topological polar surface area (TPSA) is 130 Å². The summed E-state index contributed by atoms with van der Waals surface area (Å²) in [6.07, 6.45) is 0.260. The van der Waals surface area contributed by atoms with Crippen LogP contribution in [0.4, 0.5) is 0 Å².